The SMILES string of the molecule is Cc1ccccc1CN(C(=O)CN(c1ccc(I)cc1)S(C)(=O)=O)[C@H](C)C(=O)NC(C)(C)C. The van der Waals surface area contributed by atoms with Crippen LogP contribution in [0, 0.1) is 10.5 Å². The second kappa shape index (κ2) is 10.9. The standard InChI is InChI=1S/C24H32IN3O4S/c1-17-9-7-8-10-19(17)15-27(18(2)23(30)26-24(3,4)5)22(29)16-28(33(6,31)32)21-13-11-20(25)12-14-21/h7-14,18H,15-16H2,1-6H3,(H,26,30)/t18-/m1/s1. The lowest BCUT2D eigenvalue weighted by molar-refractivity contribution is -0.140. The fraction of sp³-hybridized carbons (Fsp3) is 0.417. The van der Waals surface area contributed by atoms with E-state index in [1.165, 1.54) is 4.90 Å². The van der Waals surface area contributed by atoms with Gasteiger partial charge in [0.05, 0.1) is 11.9 Å². The van der Waals surface area contributed by atoms with E-state index < -0.39 is 34.1 Å². The summed E-state index contributed by atoms with van der Waals surface area (Å²) in [7, 11) is -3.73. The first-order valence-corrected chi connectivity index (χ1v) is 13.5. The van der Waals surface area contributed by atoms with Gasteiger partial charge in [-0.2, -0.15) is 0 Å². The Bertz CT molecular complexity index is 1100. The highest BCUT2D eigenvalue weighted by Crippen LogP contribution is 2.21. The van der Waals surface area contributed by atoms with Crippen molar-refractivity contribution in [2.75, 3.05) is 17.1 Å². The average Bonchev–Trinajstić information content (AvgIpc) is 2.69. The molecule has 2 aromatic rings. The highest BCUT2D eigenvalue weighted by atomic mass is 127. The molecule has 0 bridgehead atoms. The van der Waals surface area contributed by atoms with Gasteiger partial charge in [0.1, 0.15) is 12.6 Å². The van der Waals surface area contributed by atoms with Crippen molar-refractivity contribution in [3.63, 3.8) is 0 Å². The summed E-state index contributed by atoms with van der Waals surface area (Å²) in [6.45, 7) is 8.99. The van der Waals surface area contributed by atoms with Crippen molar-refractivity contribution in [3.05, 3.63) is 63.2 Å². The van der Waals surface area contributed by atoms with Gasteiger partial charge in [0.25, 0.3) is 0 Å². The maximum absolute atomic E-state index is 13.5. The summed E-state index contributed by atoms with van der Waals surface area (Å²) in [5.41, 5.74) is 1.80. The molecule has 0 aliphatic heterocycles. The summed E-state index contributed by atoms with van der Waals surface area (Å²) in [6, 6.07) is 13.7. The van der Waals surface area contributed by atoms with Crippen LogP contribution in [0.5, 0.6) is 0 Å². The van der Waals surface area contributed by atoms with Crippen molar-refractivity contribution in [1.82, 2.24) is 10.2 Å². The van der Waals surface area contributed by atoms with Crippen LogP contribution >= 0.6 is 22.6 Å². The predicted molar refractivity (Wildman–Crippen MR) is 140 cm³/mol. The number of nitrogens with zero attached hydrogens (tertiary/aromatic N) is 2. The van der Waals surface area contributed by atoms with Gasteiger partial charge in [-0.1, -0.05) is 24.3 Å². The molecule has 0 unspecified atom stereocenters. The van der Waals surface area contributed by atoms with Crippen LogP contribution in [0.1, 0.15) is 38.8 Å². The third kappa shape index (κ3) is 7.99. The Morgan fingerprint density at radius 3 is 2.15 bits per heavy atom. The van der Waals surface area contributed by atoms with E-state index in [1.54, 1.807) is 31.2 Å². The van der Waals surface area contributed by atoms with E-state index in [0.29, 0.717) is 5.69 Å². The molecular weight excluding hydrogens is 553 g/mol. The fourth-order valence-electron chi connectivity index (χ4n) is 3.25. The van der Waals surface area contributed by atoms with E-state index in [0.717, 1.165) is 25.3 Å². The molecule has 0 saturated heterocycles. The first kappa shape index (κ1) is 27.1. The summed E-state index contributed by atoms with van der Waals surface area (Å²) in [5, 5.41) is 2.91. The molecular formula is C24H32IN3O4S. The van der Waals surface area contributed by atoms with Crippen LogP contribution in [0.3, 0.4) is 0 Å². The van der Waals surface area contributed by atoms with Crippen molar-refractivity contribution in [3.8, 4) is 0 Å². The van der Waals surface area contributed by atoms with Crippen LogP contribution in [0.4, 0.5) is 5.69 Å². The maximum atomic E-state index is 13.5. The third-order valence-electron chi connectivity index (χ3n) is 5.06. The molecule has 0 fully saturated rings. The van der Waals surface area contributed by atoms with E-state index in [2.05, 4.69) is 27.9 Å². The zero-order valence-electron chi connectivity index (χ0n) is 19.9. The minimum absolute atomic E-state index is 0.189. The van der Waals surface area contributed by atoms with Gasteiger partial charge in [0.2, 0.25) is 21.8 Å². The number of hydrogen-bond donors (Lipinski definition) is 1. The van der Waals surface area contributed by atoms with Crippen molar-refractivity contribution in [1.29, 1.82) is 0 Å². The van der Waals surface area contributed by atoms with Gasteiger partial charge in [-0.25, -0.2) is 8.42 Å². The Morgan fingerprint density at radius 1 is 1.06 bits per heavy atom. The number of hydrogen-bond acceptors (Lipinski definition) is 4. The number of rotatable bonds is 8. The second-order valence-corrected chi connectivity index (χ2v) is 12.3. The summed E-state index contributed by atoms with van der Waals surface area (Å²) in [4.78, 5) is 27.9. The van der Waals surface area contributed by atoms with Crippen molar-refractivity contribution in [2.45, 2.75) is 52.7 Å². The molecule has 9 heteroatoms. The van der Waals surface area contributed by atoms with Gasteiger partial charge in [-0.05, 0) is 92.6 Å². The molecule has 2 aromatic carbocycles. The number of sulfonamides is 1. The quantitative estimate of drug-likeness (QED) is 0.479. The first-order chi connectivity index (χ1) is 15.2. The summed E-state index contributed by atoms with van der Waals surface area (Å²) < 4.78 is 27.1. The van der Waals surface area contributed by atoms with E-state index >= 15 is 0 Å². The smallest absolute Gasteiger partial charge is 0.244 e. The minimum Gasteiger partial charge on any atom is -0.350 e. The molecule has 0 saturated carbocycles. The normalized spacial score (nSPS) is 12.7. The molecule has 7 nitrogen and oxygen atoms in total. The molecule has 2 rings (SSSR count). The van der Waals surface area contributed by atoms with Gasteiger partial charge in [0, 0.05) is 15.7 Å². The van der Waals surface area contributed by atoms with Crippen molar-refractivity contribution in [2.24, 2.45) is 0 Å². The number of benzene rings is 2. The Balaban J connectivity index is 2.41. The molecule has 0 aliphatic carbocycles. The van der Waals surface area contributed by atoms with Crippen LogP contribution in [0.25, 0.3) is 0 Å². The summed E-state index contributed by atoms with van der Waals surface area (Å²) >= 11 is 2.13. The summed E-state index contributed by atoms with van der Waals surface area (Å²) in [6.07, 6.45) is 1.07. The topological polar surface area (TPSA) is 86.8 Å². The highest BCUT2D eigenvalue weighted by molar-refractivity contribution is 14.1. The van der Waals surface area contributed by atoms with Crippen molar-refractivity contribution >= 4 is 50.1 Å². The summed E-state index contributed by atoms with van der Waals surface area (Å²) in [5.74, 6) is -0.761. The predicted octanol–water partition coefficient (Wildman–Crippen LogP) is 3.70. The van der Waals surface area contributed by atoms with Gasteiger partial charge in [-0.3, -0.25) is 13.9 Å². The molecule has 0 aliphatic rings. The van der Waals surface area contributed by atoms with Gasteiger partial charge in [0.15, 0.2) is 0 Å². The number of amides is 2. The molecule has 2 amide bonds. The van der Waals surface area contributed by atoms with Crippen LogP contribution in [-0.4, -0.2) is 49.5 Å². The Hall–Kier alpha value is -2.14. The zero-order valence-corrected chi connectivity index (χ0v) is 22.9. The average molecular weight is 586 g/mol. The minimum atomic E-state index is -3.73. The third-order valence-corrected chi connectivity index (χ3v) is 6.92. The van der Waals surface area contributed by atoms with E-state index in [-0.39, 0.29) is 12.5 Å². The molecule has 0 spiro atoms. The Kier molecular flexibility index (Phi) is 8.92. The molecule has 180 valence electrons. The molecule has 0 heterocycles. The lowest BCUT2D eigenvalue weighted by atomic mass is 10.1. The number of nitrogens with one attached hydrogen (secondary N) is 1. The molecule has 1 N–H and O–H groups in total. The number of halogens is 1. The largest absolute Gasteiger partial charge is 0.350 e. The Labute approximate surface area is 210 Å². The number of aryl methyl sites for hydroxylation is 1. The van der Waals surface area contributed by atoms with E-state index in [1.807, 2.05) is 52.0 Å². The van der Waals surface area contributed by atoms with Crippen molar-refractivity contribution < 1.29 is 18.0 Å². The number of anilines is 1. The number of carbonyl (C=O) groups excluding carboxylic acids is 2. The molecule has 33 heavy (non-hydrogen) atoms. The molecule has 1 atom stereocenters. The van der Waals surface area contributed by atoms with Crippen LogP contribution in [-0.2, 0) is 26.2 Å². The van der Waals surface area contributed by atoms with Gasteiger partial charge in [-0.15, -0.1) is 0 Å². The number of carbonyl (C=O) groups is 2. The zero-order chi connectivity index (χ0) is 25.0. The van der Waals surface area contributed by atoms with Gasteiger partial charge >= 0.3 is 0 Å². The van der Waals surface area contributed by atoms with Gasteiger partial charge < -0.3 is 10.2 Å². The molecule has 0 radical (unpaired) electrons. The van der Waals surface area contributed by atoms with E-state index in [4.69, 9.17) is 0 Å². The lowest BCUT2D eigenvalue weighted by Crippen LogP contribution is -2.54. The van der Waals surface area contributed by atoms with Crippen LogP contribution in [0.15, 0.2) is 48.5 Å². The maximum Gasteiger partial charge on any atom is 0.244 e. The lowest BCUT2D eigenvalue weighted by Gasteiger charge is -2.33. The monoisotopic (exact) mass is 585 g/mol. The second-order valence-electron chi connectivity index (χ2n) is 9.11. The van der Waals surface area contributed by atoms with E-state index in [9.17, 15) is 18.0 Å². The molecule has 0 aromatic heterocycles. The Morgan fingerprint density at radius 2 is 1.64 bits per heavy atom. The first-order valence-electron chi connectivity index (χ1n) is 10.6. The van der Waals surface area contributed by atoms with Crippen LogP contribution in [0.2, 0.25) is 0 Å². The fourth-order valence-corrected chi connectivity index (χ4v) is 4.46. The van der Waals surface area contributed by atoms with Crippen LogP contribution < -0.4 is 9.62 Å². The highest BCUT2D eigenvalue weighted by Gasteiger charge is 2.31.